The fourth-order valence-corrected chi connectivity index (χ4v) is 3.30. The molecule has 1 aliphatic heterocycles. The average molecular weight is 339 g/mol. The molecule has 25 heavy (non-hydrogen) atoms. The highest BCUT2D eigenvalue weighted by atomic mass is 16.5. The van der Waals surface area contributed by atoms with Crippen molar-refractivity contribution in [3.8, 4) is 11.8 Å². The van der Waals surface area contributed by atoms with E-state index in [1.54, 1.807) is 11.0 Å². The Labute approximate surface area is 148 Å². The lowest BCUT2D eigenvalue weighted by Crippen LogP contribution is -2.29. The van der Waals surface area contributed by atoms with Crippen LogP contribution in [0.1, 0.15) is 44.2 Å². The van der Waals surface area contributed by atoms with Gasteiger partial charge in [-0.2, -0.15) is 10.4 Å². The van der Waals surface area contributed by atoms with E-state index in [2.05, 4.69) is 52.7 Å². The van der Waals surface area contributed by atoms with Crippen molar-refractivity contribution in [2.45, 2.75) is 38.6 Å². The van der Waals surface area contributed by atoms with Crippen LogP contribution >= 0.6 is 0 Å². The Kier molecular flexibility index (Phi) is 5.79. The number of ether oxygens (including phenoxy) is 1. The quantitative estimate of drug-likeness (QED) is 0.785. The number of nitrogens with one attached hydrogen (secondary N) is 1. The van der Waals surface area contributed by atoms with E-state index in [0.717, 1.165) is 51.1 Å². The molecule has 6 heteroatoms. The first-order valence-corrected chi connectivity index (χ1v) is 8.90. The number of hydrogen-bond donors (Lipinski definition) is 1. The van der Waals surface area contributed by atoms with Crippen molar-refractivity contribution < 1.29 is 4.74 Å². The van der Waals surface area contributed by atoms with E-state index in [1.165, 1.54) is 11.9 Å². The molecule has 1 unspecified atom stereocenters. The molecule has 1 aromatic heterocycles. The molecule has 1 saturated heterocycles. The Balaban J connectivity index is 1.46. The Morgan fingerprint density at radius 1 is 1.32 bits per heavy atom. The Morgan fingerprint density at radius 2 is 2.08 bits per heavy atom. The van der Waals surface area contributed by atoms with Crippen LogP contribution in [0.25, 0.3) is 5.69 Å². The number of hydrogen-bond acceptors (Lipinski definition) is 5. The number of aromatic nitrogens is 3. The molecular formula is C19H25N5O. The van der Waals surface area contributed by atoms with Crippen LogP contribution in [0.15, 0.2) is 36.9 Å². The highest BCUT2D eigenvalue weighted by molar-refractivity contribution is 5.34. The van der Waals surface area contributed by atoms with Gasteiger partial charge in [0.1, 0.15) is 12.7 Å². The zero-order chi connectivity index (χ0) is 17.5. The summed E-state index contributed by atoms with van der Waals surface area (Å²) in [5.74, 6) is 0. The topological polar surface area (TPSA) is 75.8 Å². The van der Waals surface area contributed by atoms with Crippen molar-refractivity contribution in [1.82, 2.24) is 20.1 Å². The first kappa shape index (κ1) is 17.6. The first-order valence-electron chi connectivity index (χ1n) is 8.90. The van der Waals surface area contributed by atoms with Crippen molar-refractivity contribution in [3.63, 3.8) is 0 Å². The second-order valence-corrected chi connectivity index (χ2v) is 6.72. The van der Waals surface area contributed by atoms with Crippen molar-refractivity contribution in [3.05, 3.63) is 42.5 Å². The Hall–Kier alpha value is -2.23. The summed E-state index contributed by atoms with van der Waals surface area (Å²) in [7, 11) is 0. The molecule has 1 N–H and O–H groups in total. The third-order valence-electron chi connectivity index (χ3n) is 5.05. The zero-order valence-corrected chi connectivity index (χ0v) is 14.7. The summed E-state index contributed by atoms with van der Waals surface area (Å²) in [6, 6.07) is 11.1. The van der Waals surface area contributed by atoms with Gasteiger partial charge >= 0.3 is 0 Å². The lowest BCUT2D eigenvalue weighted by atomic mass is 9.78. The molecule has 0 amide bonds. The van der Waals surface area contributed by atoms with Gasteiger partial charge in [0.15, 0.2) is 0 Å². The van der Waals surface area contributed by atoms with E-state index in [0.29, 0.717) is 0 Å². The fourth-order valence-electron chi connectivity index (χ4n) is 3.30. The number of nitriles is 1. The minimum atomic E-state index is -0.178. The average Bonchev–Trinajstić information content (AvgIpc) is 3.21. The predicted octanol–water partition coefficient (Wildman–Crippen LogP) is 3.02. The van der Waals surface area contributed by atoms with Crippen LogP contribution in [0.3, 0.4) is 0 Å². The van der Waals surface area contributed by atoms with E-state index in [1.807, 2.05) is 0 Å². The molecular weight excluding hydrogens is 314 g/mol. The van der Waals surface area contributed by atoms with Gasteiger partial charge in [-0.1, -0.05) is 12.1 Å². The number of rotatable bonds is 7. The van der Waals surface area contributed by atoms with E-state index in [4.69, 9.17) is 4.74 Å². The van der Waals surface area contributed by atoms with Crippen LogP contribution in [0.2, 0.25) is 0 Å². The molecule has 2 aromatic rings. The van der Waals surface area contributed by atoms with E-state index >= 15 is 0 Å². The second-order valence-electron chi connectivity index (χ2n) is 6.72. The van der Waals surface area contributed by atoms with Crippen LogP contribution in [0.4, 0.5) is 0 Å². The van der Waals surface area contributed by atoms with Crippen molar-refractivity contribution in [2.24, 2.45) is 5.41 Å². The molecule has 6 nitrogen and oxygen atoms in total. The Bertz CT molecular complexity index is 684. The van der Waals surface area contributed by atoms with E-state index < -0.39 is 0 Å². The predicted molar refractivity (Wildman–Crippen MR) is 95.1 cm³/mol. The van der Waals surface area contributed by atoms with Gasteiger partial charge in [-0.3, -0.25) is 0 Å². The van der Waals surface area contributed by atoms with Crippen LogP contribution in [-0.4, -0.2) is 34.5 Å². The molecule has 3 rings (SSSR count). The summed E-state index contributed by atoms with van der Waals surface area (Å²) < 4.78 is 7.14. The molecule has 1 aromatic carbocycles. The van der Waals surface area contributed by atoms with Crippen LogP contribution in [0, 0.1) is 16.7 Å². The van der Waals surface area contributed by atoms with Gasteiger partial charge in [0.05, 0.1) is 17.2 Å². The normalized spacial score (nSPS) is 17.8. The molecule has 1 fully saturated rings. The molecule has 1 aliphatic rings. The lowest BCUT2D eigenvalue weighted by Gasteiger charge is -2.30. The van der Waals surface area contributed by atoms with E-state index in [9.17, 15) is 5.26 Å². The SMILES string of the molecule is CC(NCCCC1(C#N)CCOCC1)c1ccc(-n2cncn2)cc1. The van der Waals surface area contributed by atoms with Crippen LogP contribution in [0.5, 0.6) is 0 Å². The Morgan fingerprint density at radius 3 is 2.72 bits per heavy atom. The summed E-state index contributed by atoms with van der Waals surface area (Å²) in [4.78, 5) is 3.97. The van der Waals surface area contributed by atoms with Gasteiger partial charge in [0.25, 0.3) is 0 Å². The van der Waals surface area contributed by atoms with Crippen molar-refractivity contribution in [2.75, 3.05) is 19.8 Å². The standard InChI is InChI=1S/C19H25N5O/c1-16(17-3-5-18(6-4-17)24-15-21-14-23-24)22-10-2-7-19(13-20)8-11-25-12-9-19/h3-6,14-16,22H,2,7-12H2,1H3. The minimum absolute atomic E-state index is 0.178. The third kappa shape index (κ3) is 4.44. The second kappa shape index (κ2) is 8.24. The van der Waals surface area contributed by atoms with E-state index in [-0.39, 0.29) is 11.5 Å². The summed E-state index contributed by atoms with van der Waals surface area (Å²) >= 11 is 0. The summed E-state index contributed by atoms with van der Waals surface area (Å²) in [6.07, 6.45) is 6.90. The largest absolute Gasteiger partial charge is 0.381 e. The highest BCUT2D eigenvalue weighted by Gasteiger charge is 2.31. The maximum Gasteiger partial charge on any atom is 0.138 e. The number of benzene rings is 1. The molecule has 0 radical (unpaired) electrons. The zero-order valence-electron chi connectivity index (χ0n) is 14.7. The molecule has 0 spiro atoms. The molecule has 0 bridgehead atoms. The first-order chi connectivity index (χ1) is 12.2. The maximum absolute atomic E-state index is 9.49. The molecule has 0 aliphatic carbocycles. The smallest absolute Gasteiger partial charge is 0.138 e. The summed E-state index contributed by atoms with van der Waals surface area (Å²) in [5, 5.41) is 17.2. The minimum Gasteiger partial charge on any atom is -0.381 e. The van der Waals surface area contributed by atoms with Gasteiger partial charge in [0, 0.05) is 19.3 Å². The van der Waals surface area contributed by atoms with Gasteiger partial charge in [0.2, 0.25) is 0 Å². The van der Waals surface area contributed by atoms with Gasteiger partial charge < -0.3 is 10.1 Å². The molecule has 2 heterocycles. The fraction of sp³-hybridized carbons (Fsp3) is 0.526. The van der Waals surface area contributed by atoms with Crippen LogP contribution < -0.4 is 5.32 Å². The third-order valence-corrected chi connectivity index (χ3v) is 5.05. The number of nitrogens with zero attached hydrogens (tertiary/aromatic N) is 4. The molecule has 0 saturated carbocycles. The molecule has 132 valence electrons. The van der Waals surface area contributed by atoms with Gasteiger partial charge in [-0.05, 0) is 56.8 Å². The molecule has 1 atom stereocenters. The van der Waals surface area contributed by atoms with Crippen molar-refractivity contribution in [1.29, 1.82) is 5.26 Å². The maximum atomic E-state index is 9.49. The summed E-state index contributed by atoms with van der Waals surface area (Å²) in [6.45, 7) is 4.51. The van der Waals surface area contributed by atoms with Crippen molar-refractivity contribution >= 4 is 0 Å². The summed E-state index contributed by atoms with van der Waals surface area (Å²) in [5.41, 5.74) is 2.07. The highest BCUT2D eigenvalue weighted by Crippen LogP contribution is 2.34. The monoisotopic (exact) mass is 339 g/mol. The lowest BCUT2D eigenvalue weighted by molar-refractivity contribution is 0.0361. The van der Waals surface area contributed by atoms with Gasteiger partial charge in [-0.15, -0.1) is 0 Å². The van der Waals surface area contributed by atoms with Crippen LogP contribution in [-0.2, 0) is 4.74 Å². The van der Waals surface area contributed by atoms with Gasteiger partial charge in [-0.25, -0.2) is 9.67 Å².